The molecule has 0 atom stereocenters. The van der Waals surface area contributed by atoms with Crippen LogP contribution in [-0.4, -0.2) is 54.5 Å². The Balaban J connectivity index is 1.89. The zero-order chi connectivity index (χ0) is 15.2. The number of nitrogens with zero attached hydrogens (tertiary/aromatic N) is 2. The molecule has 1 aromatic rings. The van der Waals surface area contributed by atoms with Crippen LogP contribution in [0.5, 0.6) is 0 Å². The molecular weight excluding hydrogens is 266 g/mol. The van der Waals surface area contributed by atoms with Gasteiger partial charge in [-0.25, -0.2) is 4.79 Å². The van der Waals surface area contributed by atoms with Crippen molar-refractivity contribution in [3.8, 4) is 0 Å². The molecule has 0 radical (unpaired) electrons. The molecule has 1 aromatic carbocycles. The monoisotopic (exact) mass is 289 g/mol. The van der Waals surface area contributed by atoms with Gasteiger partial charge in [0.05, 0.1) is 0 Å². The third-order valence-corrected chi connectivity index (χ3v) is 3.65. The Bertz CT molecular complexity index is 508. The first-order valence-corrected chi connectivity index (χ1v) is 7.50. The fourth-order valence-electron chi connectivity index (χ4n) is 2.42. The maximum atomic E-state index is 12.4. The molecule has 3 amide bonds. The van der Waals surface area contributed by atoms with E-state index in [0.29, 0.717) is 32.7 Å². The molecule has 1 aliphatic rings. The summed E-state index contributed by atoms with van der Waals surface area (Å²) in [6.07, 6.45) is 0.928. The maximum Gasteiger partial charge on any atom is 0.317 e. The predicted molar refractivity (Wildman–Crippen MR) is 82.3 cm³/mol. The number of carbonyl (C=O) groups excluding carboxylic acids is 2. The van der Waals surface area contributed by atoms with E-state index in [1.54, 1.807) is 4.90 Å². The lowest BCUT2D eigenvalue weighted by Crippen LogP contribution is -2.53. The number of hydrogen-bond acceptors (Lipinski definition) is 2. The van der Waals surface area contributed by atoms with Crippen LogP contribution >= 0.6 is 0 Å². The molecule has 1 heterocycles. The summed E-state index contributed by atoms with van der Waals surface area (Å²) in [5.74, 6) is 0.0484. The standard InChI is InChI=1S/C16H23N3O2/c1-3-7-17-16(21)19-10-8-18(9-11-19)15(20)14-6-4-5-13(2)12-14/h4-6,12H,3,7-11H2,1-2H3,(H,17,21). The van der Waals surface area contributed by atoms with Crippen LogP contribution in [0.2, 0.25) is 0 Å². The van der Waals surface area contributed by atoms with Gasteiger partial charge in [-0.1, -0.05) is 24.6 Å². The third-order valence-electron chi connectivity index (χ3n) is 3.65. The van der Waals surface area contributed by atoms with E-state index >= 15 is 0 Å². The Kier molecular flexibility index (Phi) is 5.20. The van der Waals surface area contributed by atoms with Crippen molar-refractivity contribution in [2.75, 3.05) is 32.7 Å². The zero-order valence-corrected chi connectivity index (χ0v) is 12.8. The average molecular weight is 289 g/mol. The lowest BCUT2D eigenvalue weighted by molar-refractivity contribution is 0.0665. The van der Waals surface area contributed by atoms with Gasteiger partial charge in [0.1, 0.15) is 0 Å². The van der Waals surface area contributed by atoms with Crippen molar-refractivity contribution in [3.05, 3.63) is 35.4 Å². The molecule has 5 nitrogen and oxygen atoms in total. The summed E-state index contributed by atoms with van der Waals surface area (Å²) >= 11 is 0. The van der Waals surface area contributed by atoms with E-state index in [9.17, 15) is 9.59 Å². The molecule has 1 N–H and O–H groups in total. The highest BCUT2D eigenvalue weighted by molar-refractivity contribution is 5.94. The van der Waals surface area contributed by atoms with Crippen molar-refractivity contribution in [2.24, 2.45) is 0 Å². The molecule has 0 spiro atoms. The van der Waals surface area contributed by atoms with Gasteiger partial charge in [0.25, 0.3) is 5.91 Å². The number of nitrogens with one attached hydrogen (secondary N) is 1. The third kappa shape index (κ3) is 3.97. The minimum Gasteiger partial charge on any atom is -0.338 e. The minimum absolute atomic E-state index is 0.0282. The second-order valence-electron chi connectivity index (χ2n) is 5.38. The molecule has 5 heteroatoms. The number of piperazine rings is 1. The second kappa shape index (κ2) is 7.11. The Morgan fingerprint density at radius 3 is 2.43 bits per heavy atom. The van der Waals surface area contributed by atoms with E-state index in [-0.39, 0.29) is 11.9 Å². The fraction of sp³-hybridized carbons (Fsp3) is 0.500. The summed E-state index contributed by atoms with van der Waals surface area (Å²) in [5.41, 5.74) is 1.80. The normalized spacial score (nSPS) is 15.0. The van der Waals surface area contributed by atoms with E-state index in [1.807, 2.05) is 43.0 Å². The molecule has 0 aromatic heterocycles. The smallest absolute Gasteiger partial charge is 0.317 e. The van der Waals surface area contributed by atoms with Gasteiger partial charge in [0, 0.05) is 38.3 Å². The SMILES string of the molecule is CCCNC(=O)N1CCN(C(=O)c2cccc(C)c2)CC1. The second-order valence-corrected chi connectivity index (χ2v) is 5.38. The number of hydrogen-bond donors (Lipinski definition) is 1. The number of carbonyl (C=O) groups is 2. The highest BCUT2D eigenvalue weighted by atomic mass is 16.2. The summed E-state index contributed by atoms with van der Waals surface area (Å²) < 4.78 is 0. The molecule has 0 bridgehead atoms. The van der Waals surface area contributed by atoms with E-state index in [2.05, 4.69) is 5.32 Å². The quantitative estimate of drug-likeness (QED) is 0.923. The van der Waals surface area contributed by atoms with Gasteiger partial charge in [0.15, 0.2) is 0 Å². The minimum atomic E-state index is -0.0282. The fourth-order valence-corrected chi connectivity index (χ4v) is 2.42. The number of aryl methyl sites for hydroxylation is 1. The summed E-state index contributed by atoms with van der Waals surface area (Å²) in [6.45, 7) is 7.06. The van der Waals surface area contributed by atoms with E-state index in [1.165, 1.54) is 0 Å². The molecular formula is C16H23N3O2. The number of urea groups is 1. The van der Waals surface area contributed by atoms with Crippen molar-refractivity contribution < 1.29 is 9.59 Å². The summed E-state index contributed by atoms with van der Waals surface area (Å²) in [7, 11) is 0. The molecule has 114 valence electrons. The maximum absolute atomic E-state index is 12.4. The Hall–Kier alpha value is -2.04. The highest BCUT2D eigenvalue weighted by Crippen LogP contribution is 2.10. The number of amides is 3. The van der Waals surface area contributed by atoms with Gasteiger partial charge in [-0.3, -0.25) is 4.79 Å². The van der Waals surface area contributed by atoms with Gasteiger partial charge >= 0.3 is 6.03 Å². The van der Waals surface area contributed by atoms with Crippen LogP contribution in [0.15, 0.2) is 24.3 Å². The Labute approximate surface area is 125 Å². The first-order valence-electron chi connectivity index (χ1n) is 7.50. The van der Waals surface area contributed by atoms with Crippen LogP contribution in [-0.2, 0) is 0 Å². The van der Waals surface area contributed by atoms with E-state index in [4.69, 9.17) is 0 Å². The molecule has 0 unspecified atom stereocenters. The predicted octanol–water partition coefficient (Wildman–Crippen LogP) is 1.87. The molecule has 0 aliphatic carbocycles. The average Bonchev–Trinajstić information content (AvgIpc) is 2.52. The largest absolute Gasteiger partial charge is 0.338 e. The highest BCUT2D eigenvalue weighted by Gasteiger charge is 2.24. The van der Waals surface area contributed by atoms with Gasteiger partial charge in [-0.15, -0.1) is 0 Å². The first-order chi connectivity index (χ1) is 10.1. The van der Waals surface area contributed by atoms with Crippen LogP contribution in [0.1, 0.15) is 29.3 Å². The van der Waals surface area contributed by atoms with E-state index in [0.717, 1.165) is 17.5 Å². The lowest BCUT2D eigenvalue weighted by Gasteiger charge is -2.34. The topological polar surface area (TPSA) is 52.7 Å². The van der Waals surface area contributed by atoms with Gasteiger partial charge in [0.2, 0.25) is 0 Å². The lowest BCUT2D eigenvalue weighted by atomic mass is 10.1. The van der Waals surface area contributed by atoms with Crippen LogP contribution in [0.25, 0.3) is 0 Å². The zero-order valence-electron chi connectivity index (χ0n) is 12.8. The van der Waals surface area contributed by atoms with E-state index < -0.39 is 0 Å². The van der Waals surface area contributed by atoms with Crippen LogP contribution in [0.3, 0.4) is 0 Å². The summed E-state index contributed by atoms with van der Waals surface area (Å²) in [5, 5.41) is 2.87. The molecule has 1 aliphatic heterocycles. The van der Waals surface area contributed by atoms with Crippen LogP contribution in [0.4, 0.5) is 4.79 Å². The Morgan fingerprint density at radius 2 is 1.81 bits per heavy atom. The van der Waals surface area contributed by atoms with Crippen molar-refractivity contribution in [1.29, 1.82) is 0 Å². The van der Waals surface area contributed by atoms with Crippen molar-refractivity contribution in [3.63, 3.8) is 0 Å². The molecule has 2 rings (SSSR count). The van der Waals surface area contributed by atoms with Crippen molar-refractivity contribution in [2.45, 2.75) is 20.3 Å². The van der Waals surface area contributed by atoms with Crippen molar-refractivity contribution >= 4 is 11.9 Å². The molecule has 21 heavy (non-hydrogen) atoms. The number of benzene rings is 1. The molecule has 1 saturated heterocycles. The van der Waals surface area contributed by atoms with Crippen molar-refractivity contribution in [1.82, 2.24) is 15.1 Å². The van der Waals surface area contributed by atoms with Gasteiger partial charge in [-0.05, 0) is 25.5 Å². The molecule has 0 saturated carbocycles. The van der Waals surface area contributed by atoms with Crippen LogP contribution in [0, 0.1) is 6.92 Å². The van der Waals surface area contributed by atoms with Gasteiger partial charge in [-0.2, -0.15) is 0 Å². The number of rotatable bonds is 3. The molecule has 1 fully saturated rings. The van der Waals surface area contributed by atoms with Gasteiger partial charge < -0.3 is 15.1 Å². The van der Waals surface area contributed by atoms with Crippen LogP contribution < -0.4 is 5.32 Å². The summed E-state index contributed by atoms with van der Waals surface area (Å²) in [4.78, 5) is 27.9. The summed E-state index contributed by atoms with van der Waals surface area (Å²) in [6, 6.07) is 7.60. The first kappa shape index (κ1) is 15.4. The Morgan fingerprint density at radius 1 is 1.14 bits per heavy atom.